The Balaban J connectivity index is 2.32. The first kappa shape index (κ1) is 18.2. The summed E-state index contributed by atoms with van der Waals surface area (Å²) in [7, 11) is 1.39. The van der Waals surface area contributed by atoms with Gasteiger partial charge in [-0.25, -0.2) is 0 Å². The Bertz CT molecular complexity index is 854. The molecule has 2 aromatic rings. The summed E-state index contributed by atoms with van der Waals surface area (Å²) in [5, 5.41) is 0. The van der Waals surface area contributed by atoms with Crippen LogP contribution in [-0.4, -0.2) is 19.0 Å². The summed E-state index contributed by atoms with van der Waals surface area (Å²) in [4.78, 5) is 27.6. The average Bonchev–Trinajstić information content (AvgIpc) is 2.65. The van der Waals surface area contributed by atoms with Crippen LogP contribution >= 0.6 is 0 Å². The zero-order chi connectivity index (χ0) is 19.1. The lowest BCUT2D eigenvalue weighted by Gasteiger charge is -2.45. The molecule has 0 N–H and O–H groups in total. The van der Waals surface area contributed by atoms with Gasteiger partial charge in [-0.2, -0.15) is 0 Å². The van der Waals surface area contributed by atoms with Crippen LogP contribution in [0.15, 0.2) is 48.5 Å². The number of para-hydroxylation sites is 1. The molecule has 136 valence electrons. The van der Waals surface area contributed by atoms with Crippen molar-refractivity contribution in [1.29, 1.82) is 0 Å². The first-order valence-corrected chi connectivity index (χ1v) is 8.90. The molecule has 1 atom stereocenters. The highest BCUT2D eigenvalue weighted by atomic mass is 16.5. The average molecular weight is 351 g/mol. The summed E-state index contributed by atoms with van der Waals surface area (Å²) in [6.45, 7) is 7.45. The number of nitrogens with zero attached hydrogens (tertiary/aromatic N) is 1. The van der Waals surface area contributed by atoms with Crippen molar-refractivity contribution in [1.82, 2.24) is 0 Å². The highest BCUT2D eigenvalue weighted by molar-refractivity contribution is 6.03. The number of ether oxygens (including phenoxy) is 1. The summed E-state index contributed by atoms with van der Waals surface area (Å²) in [6.07, 6.45) is 0. The van der Waals surface area contributed by atoms with Crippen LogP contribution in [-0.2, 0) is 14.3 Å². The normalized spacial score (nSPS) is 16.1. The summed E-state index contributed by atoms with van der Waals surface area (Å²) >= 11 is 0. The standard InChI is InChI=1S/C22H25NO3/c1-14(2)20(24)23-18-13-9-8-11-16(18)15-10-6-7-12-17(15)19(23)22(3,4)21(25)26-5/h6-14,19H,1-5H3. The van der Waals surface area contributed by atoms with E-state index in [1.54, 1.807) is 4.90 Å². The maximum Gasteiger partial charge on any atom is 0.313 e. The highest BCUT2D eigenvalue weighted by Crippen LogP contribution is 2.51. The van der Waals surface area contributed by atoms with Crippen LogP contribution < -0.4 is 4.90 Å². The fourth-order valence-corrected chi connectivity index (χ4v) is 3.78. The van der Waals surface area contributed by atoms with Crippen LogP contribution in [0.25, 0.3) is 11.1 Å². The largest absolute Gasteiger partial charge is 0.469 e. The van der Waals surface area contributed by atoms with Crippen LogP contribution in [0.4, 0.5) is 5.69 Å². The van der Waals surface area contributed by atoms with Crippen LogP contribution in [0.5, 0.6) is 0 Å². The third kappa shape index (κ3) is 2.70. The molecule has 1 heterocycles. The van der Waals surface area contributed by atoms with Crippen molar-refractivity contribution in [3.8, 4) is 11.1 Å². The van der Waals surface area contributed by atoms with Crippen molar-refractivity contribution in [2.45, 2.75) is 33.7 Å². The number of rotatable bonds is 3. The fourth-order valence-electron chi connectivity index (χ4n) is 3.78. The molecule has 0 saturated heterocycles. The van der Waals surface area contributed by atoms with Gasteiger partial charge in [-0.3, -0.25) is 9.59 Å². The van der Waals surface area contributed by atoms with Gasteiger partial charge in [0.15, 0.2) is 0 Å². The third-order valence-electron chi connectivity index (χ3n) is 5.09. The first-order chi connectivity index (χ1) is 12.3. The third-order valence-corrected chi connectivity index (χ3v) is 5.09. The van der Waals surface area contributed by atoms with E-state index in [0.29, 0.717) is 0 Å². The molecule has 0 bridgehead atoms. The molecule has 2 aromatic carbocycles. The number of hydrogen-bond donors (Lipinski definition) is 0. The maximum absolute atomic E-state index is 13.2. The number of anilines is 1. The molecule has 0 spiro atoms. The van der Waals surface area contributed by atoms with E-state index in [2.05, 4.69) is 0 Å². The van der Waals surface area contributed by atoms with Crippen molar-refractivity contribution in [3.05, 3.63) is 54.1 Å². The zero-order valence-corrected chi connectivity index (χ0v) is 15.9. The van der Waals surface area contributed by atoms with Crippen molar-refractivity contribution in [2.75, 3.05) is 12.0 Å². The van der Waals surface area contributed by atoms with Gasteiger partial charge >= 0.3 is 5.97 Å². The lowest BCUT2D eigenvalue weighted by molar-refractivity contribution is -0.152. The molecule has 1 amide bonds. The quantitative estimate of drug-likeness (QED) is 0.760. The van der Waals surface area contributed by atoms with E-state index >= 15 is 0 Å². The second-order valence-corrected chi connectivity index (χ2v) is 7.58. The van der Waals surface area contributed by atoms with E-state index < -0.39 is 11.5 Å². The molecule has 0 aliphatic carbocycles. The van der Waals surface area contributed by atoms with Gasteiger partial charge in [0, 0.05) is 11.5 Å². The smallest absolute Gasteiger partial charge is 0.313 e. The summed E-state index contributed by atoms with van der Waals surface area (Å²) in [5.74, 6) is -0.531. The predicted molar refractivity (Wildman–Crippen MR) is 103 cm³/mol. The van der Waals surface area contributed by atoms with Gasteiger partial charge in [0.1, 0.15) is 0 Å². The molecule has 0 aromatic heterocycles. The molecule has 4 nitrogen and oxygen atoms in total. The van der Waals surface area contributed by atoms with E-state index in [4.69, 9.17) is 4.74 Å². The highest BCUT2D eigenvalue weighted by Gasteiger charge is 2.48. The minimum Gasteiger partial charge on any atom is -0.469 e. The number of carbonyl (C=O) groups excluding carboxylic acids is 2. The molecule has 3 rings (SSSR count). The Kier molecular flexibility index (Phi) is 4.61. The number of esters is 1. The molecule has 1 unspecified atom stereocenters. The number of benzene rings is 2. The molecule has 0 radical (unpaired) electrons. The summed E-state index contributed by atoms with van der Waals surface area (Å²) in [5.41, 5.74) is 2.97. The van der Waals surface area contributed by atoms with E-state index in [-0.39, 0.29) is 17.8 Å². The first-order valence-electron chi connectivity index (χ1n) is 8.90. The summed E-state index contributed by atoms with van der Waals surface area (Å²) < 4.78 is 5.08. The number of fused-ring (bicyclic) bond motifs is 3. The number of hydrogen-bond acceptors (Lipinski definition) is 3. The number of methoxy groups -OCH3 is 1. The van der Waals surface area contributed by atoms with Crippen molar-refractivity contribution >= 4 is 17.6 Å². The zero-order valence-electron chi connectivity index (χ0n) is 15.9. The summed E-state index contributed by atoms with van der Waals surface area (Å²) in [6, 6.07) is 15.4. The van der Waals surface area contributed by atoms with Gasteiger partial charge in [0.2, 0.25) is 5.91 Å². The monoisotopic (exact) mass is 351 g/mol. The van der Waals surface area contributed by atoms with E-state index in [1.165, 1.54) is 7.11 Å². The topological polar surface area (TPSA) is 46.6 Å². The van der Waals surface area contributed by atoms with Crippen LogP contribution in [0.1, 0.15) is 39.3 Å². The van der Waals surface area contributed by atoms with Crippen LogP contribution in [0, 0.1) is 11.3 Å². The molecule has 1 aliphatic heterocycles. The van der Waals surface area contributed by atoms with Crippen molar-refractivity contribution in [3.63, 3.8) is 0 Å². The Morgan fingerprint density at radius 2 is 1.58 bits per heavy atom. The minimum atomic E-state index is -0.900. The predicted octanol–water partition coefficient (Wildman–Crippen LogP) is 4.60. The Hall–Kier alpha value is -2.62. The van der Waals surface area contributed by atoms with Gasteiger partial charge in [-0.1, -0.05) is 56.3 Å². The van der Waals surface area contributed by atoms with Crippen molar-refractivity contribution in [2.24, 2.45) is 11.3 Å². The molecule has 0 fully saturated rings. The van der Waals surface area contributed by atoms with E-state index in [9.17, 15) is 9.59 Å². The van der Waals surface area contributed by atoms with Gasteiger partial charge in [0.05, 0.1) is 24.3 Å². The Morgan fingerprint density at radius 3 is 2.19 bits per heavy atom. The lowest BCUT2D eigenvalue weighted by Crippen LogP contribution is -2.49. The molecule has 4 heteroatoms. The van der Waals surface area contributed by atoms with Gasteiger partial charge in [-0.05, 0) is 31.0 Å². The SMILES string of the molecule is COC(=O)C(C)(C)C1c2ccccc2-c2ccccc2N1C(=O)C(C)C. The fraction of sp³-hybridized carbons (Fsp3) is 0.364. The second-order valence-electron chi connectivity index (χ2n) is 7.58. The molecular weight excluding hydrogens is 326 g/mol. The van der Waals surface area contributed by atoms with Gasteiger partial charge in [-0.15, -0.1) is 0 Å². The molecule has 0 saturated carbocycles. The van der Waals surface area contributed by atoms with Gasteiger partial charge < -0.3 is 9.64 Å². The van der Waals surface area contributed by atoms with Gasteiger partial charge in [0.25, 0.3) is 0 Å². The molecular formula is C22H25NO3. The Labute approximate surface area is 154 Å². The van der Waals surface area contributed by atoms with Crippen molar-refractivity contribution < 1.29 is 14.3 Å². The second kappa shape index (κ2) is 6.60. The number of amides is 1. The molecule has 26 heavy (non-hydrogen) atoms. The minimum absolute atomic E-state index is 0.00562. The van der Waals surface area contributed by atoms with Crippen LogP contribution in [0.2, 0.25) is 0 Å². The lowest BCUT2D eigenvalue weighted by atomic mass is 9.74. The van der Waals surface area contributed by atoms with E-state index in [1.807, 2.05) is 76.2 Å². The molecule has 1 aliphatic rings. The van der Waals surface area contributed by atoms with Crippen LogP contribution in [0.3, 0.4) is 0 Å². The Morgan fingerprint density at radius 1 is 1.00 bits per heavy atom. The number of carbonyl (C=O) groups is 2. The maximum atomic E-state index is 13.2. The van der Waals surface area contributed by atoms with E-state index in [0.717, 1.165) is 22.4 Å².